The number of hydrogen-bond donors (Lipinski definition) is 2. The number of carbonyl (C=O) groups excluding carboxylic acids is 3. The Balaban J connectivity index is 1.50. The van der Waals surface area contributed by atoms with E-state index in [4.69, 9.17) is 5.73 Å². The number of amides is 2. The number of nitrogens with two attached hydrogens (primary N) is 1. The number of nitrogens with one attached hydrogen (secondary N) is 1. The number of H-pyrrole nitrogens is 1. The first-order valence-electron chi connectivity index (χ1n) is 10.8. The number of hydroxylamine groups is 1. The molecule has 0 saturated carbocycles. The number of nitrogens with zero attached hydrogens (tertiary/aromatic N) is 3. The molecule has 3 N–H and O–H groups in total. The van der Waals surface area contributed by atoms with E-state index in [1.807, 2.05) is 30.3 Å². The molecule has 2 aromatic carbocycles. The summed E-state index contributed by atoms with van der Waals surface area (Å²) in [7, 11) is 0. The van der Waals surface area contributed by atoms with Crippen molar-refractivity contribution in [3.05, 3.63) is 54.1 Å². The van der Waals surface area contributed by atoms with Gasteiger partial charge in [-0.2, -0.15) is 13.2 Å². The smallest absolute Gasteiger partial charge is 0.369 e. The van der Waals surface area contributed by atoms with Crippen molar-refractivity contribution in [2.24, 2.45) is 5.92 Å². The van der Waals surface area contributed by atoms with Crippen LogP contribution in [0.3, 0.4) is 0 Å². The standard InChI is InChI=1S/C23H22F3N5O4/c24-23(25,26)21(34)35-31(16-6-7-17-18(13-16)29-22(27)28-17)20(33)19(32)30-10-8-15(9-11-30)12-14-4-2-1-3-5-14/h1-7,13,15H,8-12H2,(H3,27,28,29). The van der Waals surface area contributed by atoms with E-state index in [1.165, 1.54) is 23.1 Å². The first-order chi connectivity index (χ1) is 16.6. The lowest BCUT2D eigenvalue weighted by Gasteiger charge is -2.32. The van der Waals surface area contributed by atoms with Crippen molar-refractivity contribution in [1.29, 1.82) is 0 Å². The first-order valence-corrected chi connectivity index (χ1v) is 10.8. The highest BCUT2D eigenvalue weighted by molar-refractivity contribution is 6.40. The lowest BCUT2D eigenvalue weighted by atomic mass is 9.90. The molecule has 1 fully saturated rings. The molecule has 2 heterocycles. The van der Waals surface area contributed by atoms with Gasteiger partial charge in [0.15, 0.2) is 5.95 Å². The second-order valence-corrected chi connectivity index (χ2v) is 8.22. The lowest BCUT2D eigenvalue weighted by molar-refractivity contribution is -0.201. The highest BCUT2D eigenvalue weighted by Gasteiger charge is 2.45. The largest absolute Gasteiger partial charge is 0.493 e. The first kappa shape index (κ1) is 24.0. The number of piperidine rings is 1. The van der Waals surface area contributed by atoms with Crippen LogP contribution in [0.15, 0.2) is 48.5 Å². The van der Waals surface area contributed by atoms with E-state index >= 15 is 0 Å². The van der Waals surface area contributed by atoms with E-state index in [1.54, 1.807) is 0 Å². The van der Waals surface area contributed by atoms with Crippen LogP contribution in [-0.2, 0) is 25.6 Å². The Kier molecular flexibility index (Phi) is 6.63. The SMILES string of the molecule is Nc1nc2ccc(N(OC(=O)C(F)(F)F)C(=O)C(=O)N3CCC(Cc4ccccc4)CC3)cc2[nH]1. The highest BCUT2D eigenvalue weighted by Crippen LogP contribution is 2.26. The molecule has 0 unspecified atom stereocenters. The van der Waals surface area contributed by atoms with Crippen LogP contribution in [0, 0.1) is 5.92 Å². The van der Waals surface area contributed by atoms with Gasteiger partial charge >= 0.3 is 24.0 Å². The zero-order chi connectivity index (χ0) is 25.2. The minimum atomic E-state index is -5.38. The molecule has 4 rings (SSSR count). The normalized spacial score (nSPS) is 14.7. The van der Waals surface area contributed by atoms with Gasteiger partial charge in [0.05, 0.1) is 16.7 Å². The number of benzene rings is 2. The number of likely N-dealkylation sites (tertiary alicyclic amines) is 1. The number of carbonyl (C=O) groups is 3. The number of imidazole rings is 1. The van der Waals surface area contributed by atoms with Crippen LogP contribution < -0.4 is 10.8 Å². The fourth-order valence-electron chi connectivity index (χ4n) is 4.00. The van der Waals surface area contributed by atoms with Crippen molar-refractivity contribution < 1.29 is 32.4 Å². The number of aromatic amines is 1. The van der Waals surface area contributed by atoms with E-state index in [9.17, 15) is 27.6 Å². The fourth-order valence-corrected chi connectivity index (χ4v) is 4.00. The summed E-state index contributed by atoms with van der Waals surface area (Å²) in [4.78, 5) is 49.6. The van der Waals surface area contributed by atoms with Crippen LogP contribution in [-0.4, -0.2) is 51.9 Å². The van der Waals surface area contributed by atoms with Crippen molar-refractivity contribution >= 4 is 40.5 Å². The van der Waals surface area contributed by atoms with Crippen LogP contribution in [0.5, 0.6) is 0 Å². The summed E-state index contributed by atoms with van der Waals surface area (Å²) in [5, 5.41) is 0.0602. The predicted octanol–water partition coefficient (Wildman–Crippen LogP) is 2.98. The van der Waals surface area contributed by atoms with Gasteiger partial charge in [0.1, 0.15) is 0 Å². The van der Waals surface area contributed by atoms with Gasteiger partial charge in [0, 0.05) is 13.1 Å². The molecule has 2 amide bonds. The average molecular weight is 489 g/mol. The van der Waals surface area contributed by atoms with Crippen molar-refractivity contribution in [3.63, 3.8) is 0 Å². The van der Waals surface area contributed by atoms with Crippen molar-refractivity contribution in [2.45, 2.75) is 25.4 Å². The van der Waals surface area contributed by atoms with Gasteiger partial charge in [-0.15, -0.1) is 5.06 Å². The Morgan fingerprint density at radius 3 is 2.46 bits per heavy atom. The number of hydrogen-bond acceptors (Lipinski definition) is 6. The molecule has 0 aliphatic carbocycles. The molecule has 1 aliphatic rings. The second kappa shape index (κ2) is 9.65. The molecule has 0 radical (unpaired) electrons. The maximum absolute atomic E-state index is 13.0. The maximum atomic E-state index is 13.0. The molecular weight excluding hydrogens is 467 g/mol. The number of aromatic nitrogens is 2. The Labute approximate surface area is 197 Å². The summed E-state index contributed by atoms with van der Waals surface area (Å²) in [6.07, 6.45) is -3.31. The molecule has 1 aliphatic heterocycles. The van der Waals surface area contributed by atoms with Crippen LogP contribution in [0.25, 0.3) is 11.0 Å². The van der Waals surface area contributed by atoms with Crippen LogP contribution >= 0.6 is 0 Å². The fraction of sp³-hybridized carbons (Fsp3) is 0.304. The van der Waals surface area contributed by atoms with E-state index in [0.29, 0.717) is 24.3 Å². The zero-order valence-electron chi connectivity index (χ0n) is 18.4. The third kappa shape index (κ3) is 5.53. The second-order valence-electron chi connectivity index (χ2n) is 8.22. The monoisotopic (exact) mass is 489 g/mol. The lowest BCUT2D eigenvalue weighted by Crippen LogP contribution is -2.49. The van der Waals surface area contributed by atoms with E-state index in [0.717, 1.165) is 12.0 Å². The number of alkyl halides is 3. The predicted molar refractivity (Wildman–Crippen MR) is 120 cm³/mol. The molecule has 0 bridgehead atoms. The van der Waals surface area contributed by atoms with Crippen molar-refractivity contribution in [3.8, 4) is 0 Å². The molecular formula is C23H22F3N5O4. The van der Waals surface area contributed by atoms with E-state index in [-0.39, 0.29) is 35.3 Å². The Morgan fingerprint density at radius 2 is 1.80 bits per heavy atom. The van der Waals surface area contributed by atoms with E-state index in [2.05, 4.69) is 14.8 Å². The van der Waals surface area contributed by atoms with E-state index < -0.39 is 24.0 Å². The maximum Gasteiger partial charge on any atom is 0.493 e. The third-order valence-corrected chi connectivity index (χ3v) is 5.76. The summed E-state index contributed by atoms with van der Waals surface area (Å²) >= 11 is 0. The van der Waals surface area contributed by atoms with Gasteiger partial charge in [-0.25, -0.2) is 9.78 Å². The summed E-state index contributed by atoms with van der Waals surface area (Å²) in [6.45, 7) is 0.499. The van der Waals surface area contributed by atoms with Gasteiger partial charge in [-0.3, -0.25) is 9.59 Å². The van der Waals surface area contributed by atoms with Crippen LogP contribution in [0.2, 0.25) is 0 Å². The molecule has 3 aromatic rings. The molecule has 9 nitrogen and oxygen atoms in total. The summed E-state index contributed by atoms with van der Waals surface area (Å²) in [6, 6.07) is 13.6. The number of fused-ring (bicyclic) bond motifs is 1. The van der Waals surface area contributed by atoms with Gasteiger partial charge in [0.2, 0.25) is 0 Å². The summed E-state index contributed by atoms with van der Waals surface area (Å²) in [5.41, 5.74) is 7.11. The number of rotatable bonds is 3. The summed E-state index contributed by atoms with van der Waals surface area (Å²) < 4.78 is 38.6. The van der Waals surface area contributed by atoms with Gasteiger partial charge < -0.3 is 20.5 Å². The summed E-state index contributed by atoms with van der Waals surface area (Å²) in [5.74, 6) is -4.79. The highest BCUT2D eigenvalue weighted by atomic mass is 19.4. The van der Waals surface area contributed by atoms with Crippen LogP contribution in [0.1, 0.15) is 18.4 Å². The average Bonchev–Trinajstić information content (AvgIpc) is 3.21. The van der Waals surface area contributed by atoms with Gasteiger partial charge in [-0.05, 0) is 48.9 Å². The molecule has 12 heteroatoms. The minimum absolute atomic E-state index is 0.0387. The van der Waals surface area contributed by atoms with Gasteiger partial charge in [0.25, 0.3) is 0 Å². The van der Waals surface area contributed by atoms with Crippen LogP contribution in [0.4, 0.5) is 24.8 Å². The molecule has 1 aromatic heterocycles. The zero-order valence-corrected chi connectivity index (χ0v) is 18.4. The number of nitrogen functional groups attached to an aromatic ring is 1. The number of anilines is 2. The molecule has 35 heavy (non-hydrogen) atoms. The van der Waals surface area contributed by atoms with Gasteiger partial charge in [-0.1, -0.05) is 30.3 Å². The third-order valence-electron chi connectivity index (χ3n) is 5.76. The Morgan fingerprint density at radius 1 is 1.11 bits per heavy atom. The molecule has 0 spiro atoms. The molecule has 0 atom stereocenters. The van der Waals surface area contributed by atoms with Crippen molar-refractivity contribution in [2.75, 3.05) is 23.9 Å². The molecule has 184 valence electrons. The quantitative estimate of drug-likeness (QED) is 0.431. The Hall–Kier alpha value is -4.09. The molecule has 1 saturated heterocycles. The number of halogens is 3. The topological polar surface area (TPSA) is 122 Å². The minimum Gasteiger partial charge on any atom is -0.369 e. The van der Waals surface area contributed by atoms with Crippen molar-refractivity contribution in [1.82, 2.24) is 14.9 Å². The Bertz CT molecular complexity index is 1240.